The number of aldehydes is 1. The number of hydrogen-bond acceptors (Lipinski definition) is 3. The van der Waals surface area contributed by atoms with Gasteiger partial charge in [0.1, 0.15) is 6.29 Å². The molecule has 0 unspecified atom stereocenters. The first-order valence-corrected chi connectivity index (χ1v) is 5.55. The molecule has 0 aromatic rings. The third-order valence-corrected chi connectivity index (χ3v) is 1.89. The van der Waals surface area contributed by atoms with Crippen LogP contribution in [0.3, 0.4) is 0 Å². The summed E-state index contributed by atoms with van der Waals surface area (Å²) in [6, 6.07) is 0. The minimum absolute atomic E-state index is 0.136. The zero-order valence-corrected chi connectivity index (χ0v) is 9.41. The Morgan fingerprint density at radius 2 is 1.93 bits per heavy atom. The van der Waals surface area contributed by atoms with Gasteiger partial charge < -0.3 is 9.53 Å². The molecule has 3 nitrogen and oxygen atoms in total. The Kier molecular flexibility index (Phi) is 10.1. The number of allylic oxidation sites excluding steroid dienone is 2. The maximum Gasteiger partial charge on any atom is 0.306 e. The minimum Gasteiger partial charge on any atom is -0.466 e. The topological polar surface area (TPSA) is 43.4 Å². The highest BCUT2D eigenvalue weighted by Crippen LogP contribution is 1.98. The smallest absolute Gasteiger partial charge is 0.306 e. The molecule has 0 bridgehead atoms. The Morgan fingerprint density at radius 1 is 1.20 bits per heavy atom. The van der Waals surface area contributed by atoms with Gasteiger partial charge in [0.15, 0.2) is 0 Å². The maximum absolute atomic E-state index is 11.1. The van der Waals surface area contributed by atoms with Gasteiger partial charge in [-0.05, 0) is 19.3 Å². The van der Waals surface area contributed by atoms with Crippen LogP contribution in [0.4, 0.5) is 0 Å². The van der Waals surface area contributed by atoms with Crippen LogP contribution in [0.15, 0.2) is 12.2 Å². The van der Waals surface area contributed by atoms with Crippen LogP contribution >= 0.6 is 0 Å². The summed E-state index contributed by atoms with van der Waals surface area (Å²) in [5, 5.41) is 0. The normalized spacial score (nSPS) is 10.5. The second-order valence-corrected chi connectivity index (χ2v) is 3.33. The largest absolute Gasteiger partial charge is 0.466 e. The van der Waals surface area contributed by atoms with Gasteiger partial charge in [-0.2, -0.15) is 0 Å². The van der Waals surface area contributed by atoms with Crippen LogP contribution in [-0.2, 0) is 14.3 Å². The Morgan fingerprint density at radius 3 is 2.60 bits per heavy atom. The molecule has 0 saturated carbocycles. The summed E-state index contributed by atoms with van der Waals surface area (Å²) in [7, 11) is 0. The van der Waals surface area contributed by atoms with E-state index < -0.39 is 0 Å². The van der Waals surface area contributed by atoms with E-state index in [0.29, 0.717) is 25.9 Å². The minimum atomic E-state index is -0.136. The van der Waals surface area contributed by atoms with Crippen molar-refractivity contribution in [3.8, 4) is 0 Å². The first-order chi connectivity index (χ1) is 7.31. The molecule has 0 radical (unpaired) electrons. The highest BCUT2D eigenvalue weighted by molar-refractivity contribution is 5.69. The highest BCUT2D eigenvalue weighted by atomic mass is 16.5. The van der Waals surface area contributed by atoms with Crippen molar-refractivity contribution < 1.29 is 14.3 Å². The first kappa shape index (κ1) is 13.9. The summed E-state index contributed by atoms with van der Waals surface area (Å²) >= 11 is 0. The van der Waals surface area contributed by atoms with Gasteiger partial charge in [0.05, 0.1) is 6.61 Å². The molecular weight excluding hydrogens is 192 g/mol. The van der Waals surface area contributed by atoms with Gasteiger partial charge in [-0.15, -0.1) is 0 Å². The van der Waals surface area contributed by atoms with E-state index in [9.17, 15) is 9.59 Å². The number of carbonyl (C=O) groups is 2. The quantitative estimate of drug-likeness (QED) is 0.255. The Labute approximate surface area is 91.5 Å². The molecule has 3 heteroatoms. The second kappa shape index (κ2) is 11.0. The number of hydrogen-bond donors (Lipinski definition) is 0. The molecule has 0 heterocycles. The molecule has 0 aliphatic heterocycles. The molecule has 0 aromatic heterocycles. The summed E-state index contributed by atoms with van der Waals surface area (Å²) < 4.78 is 4.98. The van der Waals surface area contributed by atoms with Crippen molar-refractivity contribution in [3.63, 3.8) is 0 Å². The van der Waals surface area contributed by atoms with E-state index in [1.54, 1.807) is 0 Å². The summed E-state index contributed by atoms with van der Waals surface area (Å²) in [5.41, 5.74) is 0. The average Bonchev–Trinajstić information content (AvgIpc) is 2.23. The van der Waals surface area contributed by atoms with Crippen molar-refractivity contribution in [2.45, 2.75) is 45.4 Å². The number of ether oxygens (including phenoxy) is 1. The van der Waals surface area contributed by atoms with Gasteiger partial charge in [0, 0.05) is 12.8 Å². The van der Waals surface area contributed by atoms with E-state index in [-0.39, 0.29) is 5.97 Å². The molecule has 0 amide bonds. The van der Waals surface area contributed by atoms with E-state index >= 15 is 0 Å². The number of unbranched alkanes of at least 4 members (excludes halogenated alkanes) is 2. The zero-order chi connectivity index (χ0) is 11.4. The van der Waals surface area contributed by atoms with Gasteiger partial charge in [0.25, 0.3) is 0 Å². The van der Waals surface area contributed by atoms with E-state index in [1.807, 2.05) is 12.2 Å². The Hall–Kier alpha value is -1.12. The number of rotatable bonds is 9. The van der Waals surface area contributed by atoms with Crippen LogP contribution in [0.25, 0.3) is 0 Å². The van der Waals surface area contributed by atoms with Gasteiger partial charge in [-0.1, -0.05) is 25.5 Å². The molecule has 0 N–H and O–H groups in total. The lowest BCUT2D eigenvalue weighted by Gasteiger charge is -2.01. The highest BCUT2D eigenvalue weighted by Gasteiger charge is 1.99. The predicted octanol–water partition coefficient (Wildman–Crippen LogP) is 2.65. The van der Waals surface area contributed by atoms with E-state index in [4.69, 9.17) is 4.74 Å². The van der Waals surface area contributed by atoms with Crippen LogP contribution < -0.4 is 0 Å². The summed E-state index contributed by atoms with van der Waals surface area (Å²) in [6.07, 6.45) is 9.15. The van der Waals surface area contributed by atoms with Crippen molar-refractivity contribution in [1.82, 2.24) is 0 Å². The van der Waals surface area contributed by atoms with Crippen LogP contribution in [-0.4, -0.2) is 18.9 Å². The lowest BCUT2D eigenvalue weighted by atomic mass is 10.2. The fraction of sp³-hybridized carbons (Fsp3) is 0.667. The van der Waals surface area contributed by atoms with Crippen molar-refractivity contribution >= 4 is 12.3 Å². The molecule has 0 fully saturated rings. The van der Waals surface area contributed by atoms with E-state index in [2.05, 4.69) is 6.92 Å². The standard InChI is InChI=1S/C12H20O3/c1-2-3-11-15-12(14)9-7-5-4-6-8-10-13/h4-5,10H,2-3,6-9,11H2,1H3/b5-4+. The molecule has 86 valence electrons. The van der Waals surface area contributed by atoms with Crippen LogP contribution in [0.2, 0.25) is 0 Å². The molecule has 0 rings (SSSR count). The van der Waals surface area contributed by atoms with Crippen molar-refractivity contribution in [3.05, 3.63) is 12.2 Å². The molecule has 0 aromatic carbocycles. The van der Waals surface area contributed by atoms with Crippen LogP contribution in [0.5, 0.6) is 0 Å². The molecule has 0 spiro atoms. The van der Waals surface area contributed by atoms with Gasteiger partial charge in [-0.3, -0.25) is 4.79 Å². The molecular formula is C12H20O3. The van der Waals surface area contributed by atoms with Gasteiger partial charge in [0.2, 0.25) is 0 Å². The summed E-state index contributed by atoms with van der Waals surface area (Å²) in [6.45, 7) is 2.59. The van der Waals surface area contributed by atoms with Crippen LogP contribution in [0, 0.1) is 0 Å². The molecule has 0 saturated heterocycles. The predicted molar refractivity (Wildman–Crippen MR) is 59.5 cm³/mol. The molecule has 0 atom stereocenters. The van der Waals surface area contributed by atoms with E-state index in [0.717, 1.165) is 25.5 Å². The Balaban J connectivity index is 3.30. The van der Waals surface area contributed by atoms with Gasteiger partial charge in [-0.25, -0.2) is 0 Å². The molecule has 15 heavy (non-hydrogen) atoms. The monoisotopic (exact) mass is 212 g/mol. The fourth-order valence-corrected chi connectivity index (χ4v) is 1.00. The summed E-state index contributed by atoms with van der Waals surface area (Å²) in [5.74, 6) is -0.136. The van der Waals surface area contributed by atoms with Crippen LogP contribution in [0.1, 0.15) is 45.4 Å². The number of carbonyl (C=O) groups excluding carboxylic acids is 2. The SMILES string of the molecule is CCCCOC(=O)CC/C=C/CCC=O. The van der Waals surface area contributed by atoms with Crippen molar-refractivity contribution in [1.29, 1.82) is 0 Å². The lowest BCUT2D eigenvalue weighted by Crippen LogP contribution is -2.04. The number of esters is 1. The fourth-order valence-electron chi connectivity index (χ4n) is 1.00. The third kappa shape index (κ3) is 10.8. The van der Waals surface area contributed by atoms with Crippen molar-refractivity contribution in [2.24, 2.45) is 0 Å². The molecule has 0 aliphatic rings. The maximum atomic E-state index is 11.1. The Bertz CT molecular complexity index is 197. The van der Waals surface area contributed by atoms with Crippen molar-refractivity contribution in [2.75, 3.05) is 6.61 Å². The summed E-state index contributed by atoms with van der Waals surface area (Å²) in [4.78, 5) is 21.1. The molecule has 0 aliphatic carbocycles. The lowest BCUT2D eigenvalue weighted by molar-refractivity contribution is -0.143. The average molecular weight is 212 g/mol. The first-order valence-electron chi connectivity index (χ1n) is 5.55. The van der Waals surface area contributed by atoms with Gasteiger partial charge >= 0.3 is 5.97 Å². The zero-order valence-electron chi connectivity index (χ0n) is 9.41. The second-order valence-electron chi connectivity index (χ2n) is 3.33. The van der Waals surface area contributed by atoms with E-state index in [1.165, 1.54) is 0 Å². The third-order valence-electron chi connectivity index (χ3n) is 1.89.